The molecule has 3 saturated carbocycles. The van der Waals surface area contributed by atoms with Gasteiger partial charge >= 0.3 is 6.03 Å². The van der Waals surface area contributed by atoms with E-state index in [1.807, 2.05) is 20.8 Å². The Kier molecular flexibility index (Phi) is 11.5. The third-order valence-corrected chi connectivity index (χ3v) is 14.2. The highest BCUT2D eigenvalue weighted by Crippen LogP contribution is 2.65. The topological polar surface area (TPSA) is 171 Å². The van der Waals surface area contributed by atoms with Gasteiger partial charge in [0.1, 0.15) is 12.1 Å². The lowest BCUT2D eigenvalue weighted by atomic mass is 9.83. The van der Waals surface area contributed by atoms with Crippen LogP contribution in [0.4, 0.5) is 4.79 Å². The predicted molar refractivity (Wildman–Crippen MR) is 191 cm³/mol. The number of terminal acetylenes is 1. The summed E-state index contributed by atoms with van der Waals surface area (Å²) in [5, 5.41) is 11.3. The van der Waals surface area contributed by atoms with Crippen molar-refractivity contribution in [1.29, 1.82) is 0 Å². The molecule has 1 aliphatic heterocycles. The fraction of sp³-hybridized carbons (Fsp3) is 0.811. The van der Waals surface area contributed by atoms with E-state index in [0.29, 0.717) is 25.8 Å². The Bertz CT molecular complexity index is 1490. The van der Waals surface area contributed by atoms with E-state index in [-0.39, 0.29) is 41.9 Å². The summed E-state index contributed by atoms with van der Waals surface area (Å²) in [5.41, 5.74) is -1.94. The van der Waals surface area contributed by atoms with Crippen molar-refractivity contribution in [3.8, 4) is 12.3 Å². The van der Waals surface area contributed by atoms with Crippen LogP contribution in [-0.4, -0.2) is 90.1 Å². The van der Waals surface area contributed by atoms with E-state index < -0.39 is 73.2 Å². The smallest absolute Gasteiger partial charge is 0.315 e. The van der Waals surface area contributed by atoms with Gasteiger partial charge in [0.2, 0.25) is 17.6 Å². The number of rotatable bonds is 13. The maximum absolute atomic E-state index is 14.5. The maximum atomic E-state index is 14.5. The molecule has 4 fully saturated rings. The third-order valence-electron chi connectivity index (χ3n) is 11.4. The number of Topliss-reactive ketones (excluding diaryl/α,β-unsaturated/α-hetero) is 1. The third kappa shape index (κ3) is 8.83. The molecule has 1 unspecified atom stereocenters. The van der Waals surface area contributed by atoms with E-state index in [9.17, 15) is 32.4 Å². The Balaban J connectivity index is 1.54. The van der Waals surface area contributed by atoms with E-state index >= 15 is 0 Å². The van der Waals surface area contributed by atoms with Crippen LogP contribution >= 0.6 is 0 Å². The summed E-state index contributed by atoms with van der Waals surface area (Å²) in [6, 6.07) is -3.58. The van der Waals surface area contributed by atoms with Gasteiger partial charge in [-0.2, -0.15) is 0 Å². The van der Waals surface area contributed by atoms with Gasteiger partial charge in [-0.15, -0.1) is 12.3 Å². The molecule has 0 bridgehead atoms. The number of carbonyl (C=O) groups excluding carboxylic acids is 5. The van der Waals surface area contributed by atoms with Crippen molar-refractivity contribution in [2.24, 2.45) is 28.6 Å². The van der Waals surface area contributed by atoms with Crippen LogP contribution in [0.3, 0.4) is 0 Å². The maximum Gasteiger partial charge on any atom is 0.315 e. The molecule has 0 spiro atoms. The number of amides is 5. The minimum atomic E-state index is -3.57. The van der Waals surface area contributed by atoms with E-state index in [2.05, 4.69) is 41.0 Å². The van der Waals surface area contributed by atoms with Crippen molar-refractivity contribution in [1.82, 2.24) is 26.2 Å². The molecule has 0 radical (unpaired) electrons. The molecule has 280 valence electrons. The van der Waals surface area contributed by atoms with Gasteiger partial charge in [0.25, 0.3) is 5.91 Å². The Labute approximate surface area is 298 Å². The van der Waals surface area contributed by atoms with Gasteiger partial charge in [0.05, 0.1) is 22.1 Å². The average Bonchev–Trinajstić information content (AvgIpc) is 3.85. The Morgan fingerprint density at radius 1 is 0.960 bits per heavy atom. The normalized spacial score (nSPS) is 25.3. The minimum Gasteiger partial charge on any atom is -0.348 e. The Hall–Kier alpha value is -3.14. The quantitative estimate of drug-likeness (QED) is 0.129. The summed E-state index contributed by atoms with van der Waals surface area (Å²) in [6.45, 7) is 15.0. The van der Waals surface area contributed by atoms with Crippen LogP contribution in [0, 0.1) is 40.9 Å². The largest absolute Gasteiger partial charge is 0.348 e. The molecule has 12 nitrogen and oxygen atoms in total. The zero-order valence-corrected chi connectivity index (χ0v) is 32.1. The van der Waals surface area contributed by atoms with Crippen LogP contribution in [0.15, 0.2) is 0 Å². The lowest BCUT2D eigenvalue weighted by Crippen LogP contribution is -2.64. The lowest BCUT2D eigenvalue weighted by Gasteiger charge is -2.41. The number of hydrogen-bond acceptors (Lipinski definition) is 7. The molecule has 4 N–H and O–H groups in total. The van der Waals surface area contributed by atoms with Gasteiger partial charge in [-0.05, 0) is 68.6 Å². The molecule has 0 aromatic rings. The zero-order chi connectivity index (χ0) is 37.4. The molecular weight excluding hydrogens is 659 g/mol. The highest BCUT2D eigenvalue weighted by molar-refractivity contribution is 7.92. The van der Waals surface area contributed by atoms with E-state index in [0.717, 1.165) is 32.1 Å². The molecule has 5 amide bonds. The Morgan fingerprint density at radius 2 is 1.58 bits per heavy atom. The van der Waals surface area contributed by atoms with Crippen molar-refractivity contribution >= 4 is 39.4 Å². The SMILES string of the molecule is C#CCCNC(=O)C(=O)C(CC1CC1)NC(=O)[C@@H]1[C@@H]2[C@H](CN1C(=O)[C@@H](NC(=O)NC1(CS(=O)(=O)C(C)(C)C)CCCCC1)C(C)(C)C)C2(C)C. The van der Waals surface area contributed by atoms with Gasteiger partial charge in [0, 0.05) is 19.5 Å². The number of piperidine rings is 1. The van der Waals surface area contributed by atoms with Gasteiger partial charge in [-0.25, -0.2) is 13.2 Å². The average molecular weight is 718 g/mol. The molecule has 5 atom stereocenters. The van der Waals surface area contributed by atoms with Crippen LogP contribution in [0.1, 0.15) is 113 Å². The summed E-state index contributed by atoms with van der Waals surface area (Å²) in [5.74, 6) is -0.105. The van der Waals surface area contributed by atoms with Crippen LogP contribution in [0.25, 0.3) is 0 Å². The molecule has 13 heteroatoms. The van der Waals surface area contributed by atoms with Crippen molar-refractivity contribution in [2.45, 2.75) is 142 Å². The van der Waals surface area contributed by atoms with E-state index in [1.165, 1.54) is 4.90 Å². The first-order valence-corrected chi connectivity index (χ1v) is 19.9. The molecule has 3 aliphatic carbocycles. The zero-order valence-electron chi connectivity index (χ0n) is 31.2. The van der Waals surface area contributed by atoms with Crippen molar-refractivity contribution in [3.05, 3.63) is 0 Å². The lowest BCUT2D eigenvalue weighted by molar-refractivity contribution is -0.145. The number of ketones is 1. The van der Waals surface area contributed by atoms with Crippen molar-refractivity contribution in [2.75, 3.05) is 18.8 Å². The molecular formula is C37H59N5O7S. The first-order valence-electron chi connectivity index (χ1n) is 18.2. The second-order valence-electron chi connectivity index (χ2n) is 17.8. The van der Waals surface area contributed by atoms with Gasteiger partial charge in [-0.3, -0.25) is 19.2 Å². The number of hydrogen-bond donors (Lipinski definition) is 4. The molecule has 1 heterocycles. The second kappa shape index (κ2) is 14.5. The van der Waals surface area contributed by atoms with Crippen molar-refractivity contribution in [3.63, 3.8) is 0 Å². The summed E-state index contributed by atoms with van der Waals surface area (Å²) in [6.07, 6.45) is 11.2. The number of fused-ring (bicyclic) bond motifs is 1. The predicted octanol–water partition coefficient (Wildman–Crippen LogP) is 3.09. The highest BCUT2D eigenvalue weighted by atomic mass is 32.2. The fourth-order valence-corrected chi connectivity index (χ4v) is 9.34. The first-order chi connectivity index (χ1) is 23.0. The van der Waals surface area contributed by atoms with E-state index in [4.69, 9.17) is 6.42 Å². The summed E-state index contributed by atoms with van der Waals surface area (Å²) in [7, 11) is -3.57. The Morgan fingerprint density at radius 3 is 2.12 bits per heavy atom. The van der Waals surface area contributed by atoms with Crippen LogP contribution in [0.5, 0.6) is 0 Å². The van der Waals surface area contributed by atoms with Crippen LogP contribution in [0.2, 0.25) is 0 Å². The molecule has 4 aliphatic rings. The number of nitrogens with zero attached hydrogens (tertiary/aromatic N) is 1. The van der Waals surface area contributed by atoms with Crippen molar-refractivity contribution < 1.29 is 32.4 Å². The fourth-order valence-electron chi connectivity index (χ4n) is 7.82. The van der Waals surface area contributed by atoms with Gasteiger partial charge in [-0.1, -0.05) is 66.7 Å². The monoisotopic (exact) mass is 717 g/mol. The summed E-state index contributed by atoms with van der Waals surface area (Å²) < 4.78 is 25.6. The molecule has 1 saturated heterocycles. The van der Waals surface area contributed by atoms with E-state index in [1.54, 1.807) is 20.8 Å². The number of urea groups is 1. The number of nitrogens with one attached hydrogen (secondary N) is 4. The minimum absolute atomic E-state index is 0.0504. The first kappa shape index (κ1) is 39.6. The highest BCUT2D eigenvalue weighted by Gasteiger charge is 2.70. The van der Waals surface area contributed by atoms with Gasteiger partial charge in [0.15, 0.2) is 9.84 Å². The summed E-state index contributed by atoms with van der Waals surface area (Å²) >= 11 is 0. The second-order valence-corrected chi connectivity index (χ2v) is 20.6. The molecule has 50 heavy (non-hydrogen) atoms. The number of sulfone groups is 1. The standard InChI is InChI=1S/C37H59N5O7S/c1-10-11-19-38-31(45)28(43)25(20-23-15-16-23)39-30(44)27-26-24(36(26,8)9)21-42(27)32(46)29(34(2,3)4)40-33(47)41-37(17-13-12-14-18-37)22-50(48,49)35(5,6)7/h1,23-27,29H,11-22H2,2-9H3,(H,38,45)(H,39,44)(H2,40,41,47)/t24-,25?,26-,27-,29+/m0/s1. The van der Waals surface area contributed by atoms with Crippen LogP contribution in [-0.2, 0) is 29.0 Å². The van der Waals surface area contributed by atoms with Gasteiger partial charge < -0.3 is 26.2 Å². The number of carbonyl (C=O) groups is 5. The molecule has 0 aromatic heterocycles. The summed E-state index contributed by atoms with van der Waals surface area (Å²) in [4.78, 5) is 69.8. The number of likely N-dealkylation sites (tertiary alicyclic amines) is 1. The molecule has 4 rings (SSSR count). The molecule has 0 aromatic carbocycles. The van der Waals surface area contributed by atoms with Crippen LogP contribution < -0.4 is 21.3 Å².